The van der Waals surface area contributed by atoms with Crippen LogP contribution in [-0.4, -0.2) is 5.78 Å². The van der Waals surface area contributed by atoms with Crippen molar-refractivity contribution in [3.05, 3.63) is 33.1 Å². The van der Waals surface area contributed by atoms with Gasteiger partial charge >= 0.3 is 0 Å². The number of nitrogens with two attached hydrogens (primary N) is 1. The molecule has 0 aromatic heterocycles. The van der Waals surface area contributed by atoms with Crippen LogP contribution in [0.15, 0.2) is 11.1 Å². The summed E-state index contributed by atoms with van der Waals surface area (Å²) in [5, 5.41) is 0.490. The molecule has 0 spiro atoms. The number of hydrogen-bond acceptors (Lipinski definition) is 2. The van der Waals surface area contributed by atoms with Gasteiger partial charge in [0.2, 0.25) is 0 Å². The molecule has 0 fully saturated rings. The minimum atomic E-state index is -0.560. The largest absolute Gasteiger partial charge is 0.395 e. The normalized spacial score (nSPS) is 24.9. The van der Waals surface area contributed by atoms with Crippen molar-refractivity contribution in [3.8, 4) is 0 Å². The maximum Gasteiger partial charge on any atom is 0.174 e. The minimum Gasteiger partial charge on any atom is -0.395 e. The molecule has 0 radical (unpaired) electrons. The average Bonchev–Trinajstić information content (AvgIpc) is 2.77. The van der Waals surface area contributed by atoms with E-state index < -0.39 is 5.82 Å². The predicted molar refractivity (Wildman–Crippen MR) is 79.3 cm³/mol. The van der Waals surface area contributed by atoms with Crippen molar-refractivity contribution < 1.29 is 9.18 Å². The van der Waals surface area contributed by atoms with Crippen molar-refractivity contribution in [1.82, 2.24) is 0 Å². The van der Waals surface area contributed by atoms with E-state index in [2.05, 4.69) is 6.92 Å². The topological polar surface area (TPSA) is 43.1 Å². The second-order valence-electron chi connectivity index (χ2n) is 5.53. The zero-order valence-electron chi connectivity index (χ0n) is 11.0. The first kappa shape index (κ1) is 13.9. The maximum absolute atomic E-state index is 13.9. The molecule has 0 saturated heterocycles. The van der Waals surface area contributed by atoms with Crippen LogP contribution in [0.3, 0.4) is 0 Å². The van der Waals surface area contributed by atoms with E-state index >= 15 is 0 Å². The van der Waals surface area contributed by atoms with Crippen molar-refractivity contribution in [2.45, 2.75) is 32.6 Å². The van der Waals surface area contributed by atoms with Crippen LogP contribution in [0, 0.1) is 11.2 Å². The Morgan fingerprint density at radius 1 is 1.45 bits per heavy atom. The first-order valence-electron chi connectivity index (χ1n) is 6.61. The van der Waals surface area contributed by atoms with Gasteiger partial charge in [-0.05, 0) is 42.0 Å². The quantitative estimate of drug-likeness (QED) is 0.784. The third-order valence-electron chi connectivity index (χ3n) is 4.64. The number of anilines is 1. The highest BCUT2D eigenvalue weighted by atomic mass is 35.5. The molecule has 2 nitrogen and oxygen atoms in total. The van der Waals surface area contributed by atoms with Crippen LogP contribution in [0.1, 0.15) is 37.3 Å². The van der Waals surface area contributed by atoms with Gasteiger partial charge in [0.15, 0.2) is 5.78 Å². The second kappa shape index (κ2) is 4.47. The van der Waals surface area contributed by atoms with Gasteiger partial charge in [-0.15, -0.1) is 0 Å². The number of carbonyl (C=O) groups excluding carboxylic acids is 1. The van der Waals surface area contributed by atoms with E-state index in [1.54, 1.807) is 0 Å². The van der Waals surface area contributed by atoms with Gasteiger partial charge in [0.25, 0.3) is 0 Å². The smallest absolute Gasteiger partial charge is 0.174 e. The Kier molecular flexibility index (Phi) is 3.11. The lowest BCUT2D eigenvalue weighted by atomic mass is 9.71. The van der Waals surface area contributed by atoms with Crippen LogP contribution >= 0.6 is 23.2 Å². The monoisotopic (exact) mass is 313 g/mol. The van der Waals surface area contributed by atoms with Crippen LogP contribution in [0.25, 0.3) is 5.57 Å². The van der Waals surface area contributed by atoms with Gasteiger partial charge in [-0.2, -0.15) is 0 Å². The Bertz CT molecular complexity index is 668. The Balaban J connectivity index is 2.34. The minimum absolute atomic E-state index is 0.0293. The van der Waals surface area contributed by atoms with Gasteiger partial charge < -0.3 is 5.73 Å². The summed E-state index contributed by atoms with van der Waals surface area (Å²) in [6.45, 7) is 2.06. The number of allylic oxidation sites excluding steroid dienone is 2. The maximum atomic E-state index is 13.9. The summed E-state index contributed by atoms with van der Waals surface area (Å²) in [6.07, 6.45) is 2.65. The van der Waals surface area contributed by atoms with Crippen LogP contribution in [0.5, 0.6) is 0 Å². The van der Waals surface area contributed by atoms with E-state index in [0.717, 1.165) is 24.0 Å². The van der Waals surface area contributed by atoms with Gasteiger partial charge in [0.1, 0.15) is 5.82 Å². The fourth-order valence-electron chi connectivity index (χ4n) is 3.43. The molecule has 2 aliphatic rings. The van der Waals surface area contributed by atoms with Gasteiger partial charge in [-0.25, -0.2) is 4.39 Å². The van der Waals surface area contributed by atoms with E-state index in [-0.39, 0.29) is 26.9 Å². The Labute approximate surface area is 126 Å². The number of benzene rings is 1. The van der Waals surface area contributed by atoms with E-state index in [1.165, 1.54) is 6.07 Å². The molecule has 0 amide bonds. The van der Waals surface area contributed by atoms with E-state index in [4.69, 9.17) is 28.9 Å². The predicted octanol–water partition coefficient (Wildman–Crippen LogP) is 4.33. The highest BCUT2D eigenvalue weighted by Gasteiger charge is 2.47. The first-order valence-corrected chi connectivity index (χ1v) is 7.37. The SMILES string of the molecule is CCC12CCC(=O)C(Cl)=C1c1cc(F)c(N)c(Cl)c1C2. The number of nitrogen functional groups attached to an aromatic ring is 1. The number of carbonyl (C=O) groups is 1. The summed E-state index contributed by atoms with van der Waals surface area (Å²) in [5.74, 6) is -0.636. The molecule has 1 atom stereocenters. The van der Waals surface area contributed by atoms with Gasteiger partial charge in [-0.1, -0.05) is 30.1 Å². The number of rotatable bonds is 1. The highest BCUT2D eigenvalue weighted by molar-refractivity contribution is 6.46. The van der Waals surface area contributed by atoms with Crippen LogP contribution in [0.2, 0.25) is 5.02 Å². The zero-order valence-corrected chi connectivity index (χ0v) is 12.5. The number of halogens is 3. The molecule has 1 unspecified atom stereocenters. The number of ketones is 1. The molecule has 0 saturated carbocycles. The molecule has 2 aliphatic carbocycles. The summed E-state index contributed by atoms with van der Waals surface area (Å²) in [4.78, 5) is 11.9. The molecule has 0 aliphatic heterocycles. The highest BCUT2D eigenvalue weighted by Crippen LogP contribution is 2.58. The Morgan fingerprint density at radius 3 is 2.80 bits per heavy atom. The number of Topliss-reactive ketones (excluding diaryl/α,β-unsaturated/α-hetero) is 1. The summed E-state index contributed by atoms with van der Waals surface area (Å²) in [6, 6.07) is 1.37. The molecule has 0 heterocycles. The Morgan fingerprint density at radius 2 is 2.15 bits per heavy atom. The molecule has 3 rings (SSSR count). The molecule has 106 valence electrons. The third-order valence-corrected chi connectivity index (χ3v) is 5.47. The van der Waals surface area contributed by atoms with Crippen molar-refractivity contribution in [3.63, 3.8) is 0 Å². The molecule has 5 heteroatoms. The van der Waals surface area contributed by atoms with E-state index in [1.807, 2.05) is 0 Å². The lowest BCUT2D eigenvalue weighted by molar-refractivity contribution is -0.115. The molecule has 2 N–H and O–H groups in total. The van der Waals surface area contributed by atoms with Crippen LogP contribution < -0.4 is 5.73 Å². The second-order valence-corrected chi connectivity index (χ2v) is 6.29. The summed E-state index contributed by atoms with van der Waals surface area (Å²) < 4.78 is 13.9. The van der Waals surface area contributed by atoms with Gasteiger partial charge in [0, 0.05) is 11.8 Å². The average molecular weight is 314 g/mol. The fourth-order valence-corrected chi connectivity index (χ4v) is 4.09. The summed E-state index contributed by atoms with van der Waals surface area (Å²) >= 11 is 12.4. The van der Waals surface area contributed by atoms with Crippen molar-refractivity contribution in [2.24, 2.45) is 5.41 Å². The standard InChI is InChI=1S/C15H14Cl2FNO/c1-2-15-4-3-10(20)13(17)11(15)7-5-9(18)14(19)12(16)8(7)6-15/h5H,2-4,6,19H2,1H3. The van der Waals surface area contributed by atoms with E-state index in [9.17, 15) is 9.18 Å². The van der Waals surface area contributed by atoms with Gasteiger partial charge in [-0.3, -0.25) is 4.79 Å². The van der Waals surface area contributed by atoms with Crippen LogP contribution in [0.4, 0.5) is 10.1 Å². The van der Waals surface area contributed by atoms with Gasteiger partial charge in [0.05, 0.1) is 15.7 Å². The molecule has 1 aromatic rings. The molecular formula is C15H14Cl2FNO. The summed E-state index contributed by atoms with van der Waals surface area (Å²) in [7, 11) is 0. The molecule has 20 heavy (non-hydrogen) atoms. The van der Waals surface area contributed by atoms with Crippen LogP contribution in [-0.2, 0) is 11.2 Å². The third kappa shape index (κ3) is 1.66. The summed E-state index contributed by atoms with van der Waals surface area (Å²) in [5.41, 5.74) is 7.65. The zero-order chi connectivity index (χ0) is 14.7. The van der Waals surface area contributed by atoms with Crippen molar-refractivity contribution in [1.29, 1.82) is 0 Å². The fraction of sp³-hybridized carbons (Fsp3) is 0.400. The van der Waals surface area contributed by atoms with Crippen molar-refractivity contribution >= 4 is 40.2 Å². The van der Waals surface area contributed by atoms with E-state index in [0.29, 0.717) is 18.4 Å². The number of hydrogen-bond donors (Lipinski definition) is 1. The molecular weight excluding hydrogens is 300 g/mol. The Hall–Kier alpha value is -1.06. The lowest BCUT2D eigenvalue weighted by Crippen LogP contribution is -2.26. The molecule has 0 bridgehead atoms. The first-order chi connectivity index (χ1) is 9.41. The lowest BCUT2D eigenvalue weighted by Gasteiger charge is -2.33. The molecule has 1 aromatic carbocycles. The van der Waals surface area contributed by atoms with Crippen molar-refractivity contribution in [2.75, 3.05) is 5.73 Å². The number of fused-ring (bicyclic) bond motifs is 3.